The predicted octanol–water partition coefficient (Wildman–Crippen LogP) is 19.0. The maximum atomic E-state index is 6.58. The van der Waals surface area contributed by atoms with Gasteiger partial charge in [-0.05, 0) is 190 Å². The van der Waals surface area contributed by atoms with Crippen molar-refractivity contribution in [1.29, 1.82) is 0 Å². The van der Waals surface area contributed by atoms with Crippen LogP contribution in [0.3, 0.4) is 0 Å². The minimum Gasteiger partial charge on any atom is -0.486 e. The third kappa shape index (κ3) is 7.85. The zero-order valence-corrected chi connectivity index (χ0v) is 53.0. The van der Waals surface area contributed by atoms with Crippen LogP contribution in [0.5, 0.6) is 23.0 Å². The second-order valence-corrected chi connectivity index (χ2v) is 27.6. The number of anilines is 9. The summed E-state index contributed by atoms with van der Waals surface area (Å²) in [5.41, 5.74) is 33.0. The van der Waals surface area contributed by atoms with Crippen molar-refractivity contribution in [1.82, 2.24) is 0 Å². The molecular weight excluding hydrogens is 1140 g/mol. The lowest BCUT2D eigenvalue weighted by molar-refractivity contribution is 0.171. The lowest BCUT2D eigenvalue weighted by Crippen LogP contribution is -2.61. The van der Waals surface area contributed by atoms with Crippen molar-refractivity contribution >= 4 is 74.3 Å². The fourth-order valence-corrected chi connectivity index (χ4v) is 17.0. The molecule has 3 aliphatic carbocycles. The minimum absolute atomic E-state index is 0.175. The Balaban J connectivity index is 0.850. The Bertz CT molecular complexity index is 5170. The first kappa shape index (κ1) is 54.1. The van der Waals surface area contributed by atoms with E-state index >= 15 is 0 Å². The van der Waals surface area contributed by atoms with Gasteiger partial charge in [0.15, 0.2) is 23.0 Å². The van der Waals surface area contributed by atoms with Crippen LogP contribution in [0.25, 0.3) is 55.6 Å². The van der Waals surface area contributed by atoms with Crippen LogP contribution in [-0.2, 0) is 16.2 Å². The third-order valence-corrected chi connectivity index (χ3v) is 21.6. The van der Waals surface area contributed by atoms with E-state index in [1.54, 1.807) is 0 Å². The number of hydrogen-bond donors (Lipinski definition) is 0. The number of rotatable bonds is 7. The highest BCUT2D eigenvalue weighted by molar-refractivity contribution is 7.00. The first-order valence-corrected chi connectivity index (χ1v) is 32.8. The summed E-state index contributed by atoms with van der Waals surface area (Å²) in [6, 6.07) is 91.2. The zero-order valence-electron chi connectivity index (χ0n) is 53.0. The Hall–Kier alpha value is -10.7. The Morgan fingerprint density at radius 3 is 1.32 bits per heavy atom. The van der Waals surface area contributed by atoms with E-state index in [2.05, 4.69) is 299 Å². The normalized spacial score (nSPS) is 16.0. The Labute approximate surface area is 543 Å². The molecule has 4 aliphatic heterocycles. The van der Waals surface area contributed by atoms with Gasteiger partial charge in [0.1, 0.15) is 26.4 Å². The highest BCUT2D eigenvalue weighted by atomic mass is 16.6. The van der Waals surface area contributed by atoms with E-state index in [1.165, 1.54) is 94.5 Å². The van der Waals surface area contributed by atoms with Gasteiger partial charge in [0.05, 0.1) is 5.69 Å². The Morgan fingerprint density at radius 1 is 0.301 bits per heavy atom. The third-order valence-electron chi connectivity index (χ3n) is 21.6. The molecule has 0 saturated carbocycles. The highest BCUT2D eigenvalue weighted by Crippen LogP contribution is 2.57. The second-order valence-electron chi connectivity index (χ2n) is 27.6. The van der Waals surface area contributed by atoms with Gasteiger partial charge in [-0.25, -0.2) is 0 Å². The maximum Gasteiger partial charge on any atom is 0.252 e. The van der Waals surface area contributed by atoms with Gasteiger partial charge in [-0.15, -0.1) is 0 Å². The van der Waals surface area contributed by atoms with Crippen LogP contribution in [0.1, 0.15) is 74.9 Å². The van der Waals surface area contributed by atoms with Gasteiger partial charge in [-0.3, -0.25) is 0 Å². The van der Waals surface area contributed by atoms with Gasteiger partial charge in [-0.1, -0.05) is 187 Å². The number of ether oxygens (including phenoxy) is 4. The quantitative estimate of drug-likeness (QED) is 0.147. The van der Waals surface area contributed by atoms with Crippen molar-refractivity contribution in [3.63, 3.8) is 0 Å². The summed E-state index contributed by atoms with van der Waals surface area (Å²) in [5.74, 6) is 2.96. The molecule has 0 radical (unpaired) electrons. The molecule has 0 atom stereocenters. The molecule has 0 unspecified atom stereocenters. The molecule has 0 bridgehead atoms. The Kier molecular flexibility index (Phi) is 11.4. The predicted molar refractivity (Wildman–Crippen MR) is 381 cm³/mol. The Morgan fingerprint density at radius 2 is 0.720 bits per heavy atom. The molecular formula is C85H66BN3O4. The van der Waals surface area contributed by atoms with Gasteiger partial charge >= 0.3 is 0 Å². The van der Waals surface area contributed by atoms with Gasteiger partial charge < -0.3 is 33.6 Å². The molecule has 448 valence electrons. The van der Waals surface area contributed by atoms with E-state index in [0.29, 0.717) is 26.4 Å². The molecule has 8 heteroatoms. The molecule has 7 aliphatic rings. The lowest BCUT2D eigenvalue weighted by atomic mass is 9.33. The van der Waals surface area contributed by atoms with E-state index in [4.69, 9.17) is 18.9 Å². The van der Waals surface area contributed by atoms with Crippen LogP contribution < -0.4 is 50.0 Å². The number of hydrogen-bond acceptors (Lipinski definition) is 7. The summed E-state index contributed by atoms with van der Waals surface area (Å²) in [6.07, 6.45) is 0. The summed E-state index contributed by atoms with van der Waals surface area (Å²) in [6.45, 7) is 16.0. The summed E-state index contributed by atoms with van der Waals surface area (Å²) in [4.78, 5) is 7.49. The van der Waals surface area contributed by atoms with Gasteiger partial charge in [0.25, 0.3) is 6.71 Å². The molecule has 0 aromatic heterocycles. The SMILES string of the molecule is CC1(C)c2ccccc2-c2ccc(N(c3ccc(-c4ccccc4)cc3)c3ccc(-c4cc5c6c(c4)N(c4ccc7c(c4)C(C)(C)c4ccccc4-7)c4cc7c(cc4B6c4cc6c(cc4N5c4ccc5c(c4)OCCO5)OCCO6)-c4ccccc4C7(C)C)cc3)cc21. The van der Waals surface area contributed by atoms with Gasteiger partial charge in [0.2, 0.25) is 0 Å². The number of fused-ring (bicyclic) bond motifs is 15. The van der Waals surface area contributed by atoms with Crippen molar-refractivity contribution in [2.75, 3.05) is 41.1 Å². The van der Waals surface area contributed by atoms with Crippen molar-refractivity contribution in [3.8, 4) is 78.6 Å². The average Bonchev–Trinajstić information content (AvgIpc) is 1.52. The molecule has 12 aromatic carbocycles. The summed E-state index contributed by atoms with van der Waals surface area (Å²) in [5, 5.41) is 0. The maximum absolute atomic E-state index is 6.58. The minimum atomic E-state index is -0.258. The van der Waals surface area contributed by atoms with Crippen LogP contribution in [0.15, 0.2) is 243 Å². The molecule has 4 heterocycles. The summed E-state index contributed by atoms with van der Waals surface area (Å²) >= 11 is 0. The monoisotopic (exact) mass is 1200 g/mol. The summed E-state index contributed by atoms with van der Waals surface area (Å²) < 4.78 is 25.8. The molecule has 93 heavy (non-hydrogen) atoms. The van der Waals surface area contributed by atoms with Crippen molar-refractivity contribution < 1.29 is 18.9 Å². The lowest BCUT2D eigenvalue weighted by Gasteiger charge is -2.45. The van der Waals surface area contributed by atoms with Crippen molar-refractivity contribution in [2.24, 2.45) is 0 Å². The standard InChI is InChI=1S/C85H66BN3O4/c1-83(2)66-21-13-10-18-60(66)63-35-32-57(44-69(63)83)87(55-28-24-52(25-29-55)51-16-8-7-9-17-51)56-30-26-53(27-31-56)54-42-76-82-77(43-54)89(59-34-37-78-79(46-59)91-39-38-90-78)75-50-81-80(92-40-41-93-81)49-73(75)86(82)72-47-65-62-20-12-15-23-68(62)85(5,6)71(65)48-74(72)88(76)58-33-36-64-61-19-11-14-22-67(61)84(3,4)70(64)45-58/h7-37,42-50H,38-41H2,1-6H3. The van der Waals surface area contributed by atoms with E-state index in [9.17, 15) is 0 Å². The summed E-state index contributed by atoms with van der Waals surface area (Å²) in [7, 11) is 0. The van der Waals surface area contributed by atoms with E-state index in [0.717, 1.165) is 85.1 Å². The van der Waals surface area contributed by atoms with E-state index in [1.807, 2.05) is 0 Å². The fraction of sp³-hybridized carbons (Fsp3) is 0.153. The van der Waals surface area contributed by atoms with Gasteiger partial charge in [0, 0.05) is 73.9 Å². The first-order chi connectivity index (χ1) is 45.4. The molecule has 0 N–H and O–H groups in total. The number of benzene rings is 12. The largest absolute Gasteiger partial charge is 0.486 e. The molecule has 19 rings (SSSR count). The van der Waals surface area contributed by atoms with Crippen LogP contribution in [-0.4, -0.2) is 33.1 Å². The number of nitrogens with zero attached hydrogens (tertiary/aromatic N) is 3. The van der Waals surface area contributed by atoms with Crippen LogP contribution in [0.2, 0.25) is 0 Å². The van der Waals surface area contributed by atoms with E-state index < -0.39 is 0 Å². The molecule has 7 nitrogen and oxygen atoms in total. The molecule has 0 spiro atoms. The smallest absolute Gasteiger partial charge is 0.252 e. The van der Waals surface area contributed by atoms with Crippen molar-refractivity contribution in [2.45, 2.75) is 57.8 Å². The highest BCUT2D eigenvalue weighted by Gasteiger charge is 2.48. The molecule has 0 fully saturated rings. The fourth-order valence-electron chi connectivity index (χ4n) is 17.0. The zero-order chi connectivity index (χ0) is 62.2. The van der Waals surface area contributed by atoms with Crippen LogP contribution in [0.4, 0.5) is 51.2 Å². The molecule has 0 saturated heterocycles. The van der Waals surface area contributed by atoms with Crippen molar-refractivity contribution in [3.05, 3.63) is 276 Å². The van der Waals surface area contributed by atoms with Crippen LogP contribution >= 0.6 is 0 Å². The molecule has 12 aromatic rings. The second kappa shape index (κ2) is 19.7. The topological polar surface area (TPSA) is 46.6 Å². The first-order valence-electron chi connectivity index (χ1n) is 32.8. The molecule has 0 amide bonds. The van der Waals surface area contributed by atoms with Gasteiger partial charge in [-0.2, -0.15) is 0 Å². The van der Waals surface area contributed by atoms with E-state index in [-0.39, 0.29) is 23.0 Å². The van der Waals surface area contributed by atoms with Crippen LogP contribution in [0, 0.1) is 0 Å². The average molecular weight is 1200 g/mol.